The van der Waals surface area contributed by atoms with E-state index >= 15 is 0 Å². The van der Waals surface area contributed by atoms with Crippen LogP contribution in [0.4, 0.5) is 0 Å². The first-order valence-corrected chi connectivity index (χ1v) is 9.51. The van der Waals surface area contributed by atoms with Crippen LogP contribution in [0.15, 0.2) is 52.9 Å². The number of aromatic nitrogens is 2. The molecule has 27 heavy (non-hydrogen) atoms. The van der Waals surface area contributed by atoms with Gasteiger partial charge in [-0.25, -0.2) is 0 Å². The summed E-state index contributed by atoms with van der Waals surface area (Å²) in [6, 6.07) is 15.5. The zero-order valence-corrected chi connectivity index (χ0v) is 15.4. The molecule has 0 saturated heterocycles. The van der Waals surface area contributed by atoms with Crippen LogP contribution in [0.5, 0.6) is 0 Å². The van der Waals surface area contributed by atoms with Crippen LogP contribution in [0.2, 0.25) is 0 Å². The molecule has 1 aromatic heterocycles. The van der Waals surface area contributed by atoms with Gasteiger partial charge in [0.15, 0.2) is 0 Å². The van der Waals surface area contributed by atoms with Crippen LogP contribution in [0.1, 0.15) is 48.0 Å². The Balaban J connectivity index is 1.48. The van der Waals surface area contributed by atoms with Crippen molar-refractivity contribution < 1.29 is 9.21 Å². The lowest BCUT2D eigenvalue weighted by molar-refractivity contribution is 0.0927. The summed E-state index contributed by atoms with van der Waals surface area (Å²) in [7, 11) is 0. The highest BCUT2D eigenvalue weighted by Crippen LogP contribution is 2.26. The molecule has 4 rings (SSSR count). The van der Waals surface area contributed by atoms with Crippen molar-refractivity contribution in [3.63, 3.8) is 0 Å². The van der Waals surface area contributed by atoms with E-state index in [9.17, 15) is 4.79 Å². The van der Waals surface area contributed by atoms with Crippen LogP contribution in [0.3, 0.4) is 0 Å². The molecule has 138 valence electrons. The van der Waals surface area contributed by atoms with Crippen molar-refractivity contribution in [3.8, 4) is 22.9 Å². The second-order valence-corrected chi connectivity index (χ2v) is 7.11. The number of nitrogens with zero attached hydrogens (tertiary/aromatic N) is 2. The lowest BCUT2D eigenvalue weighted by atomic mass is 9.95. The molecule has 2 aromatic carbocycles. The molecule has 1 aliphatic rings. The first kappa shape index (κ1) is 17.5. The molecule has 1 aliphatic carbocycles. The summed E-state index contributed by atoms with van der Waals surface area (Å²) >= 11 is 0. The molecule has 0 bridgehead atoms. The first-order valence-electron chi connectivity index (χ1n) is 9.51. The van der Waals surface area contributed by atoms with Crippen LogP contribution in [-0.2, 0) is 0 Å². The fraction of sp³-hybridized carbons (Fsp3) is 0.318. The topological polar surface area (TPSA) is 68.0 Å². The van der Waals surface area contributed by atoms with E-state index in [0.717, 1.165) is 29.5 Å². The quantitative estimate of drug-likeness (QED) is 0.726. The summed E-state index contributed by atoms with van der Waals surface area (Å²) in [6.45, 7) is 2.01. The maximum absolute atomic E-state index is 12.4. The predicted molar refractivity (Wildman–Crippen MR) is 104 cm³/mol. The van der Waals surface area contributed by atoms with Gasteiger partial charge in [-0.1, -0.05) is 37.5 Å². The summed E-state index contributed by atoms with van der Waals surface area (Å²) < 4.78 is 5.84. The third-order valence-electron chi connectivity index (χ3n) is 5.13. The molecule has 1 amide bonds. The minimum atomic E-state index is -0.0143. The molecule has 5 heteroatoms. The average Bonchev–Trinajstić information content (AvgIpc) is 3.19. The standard InChI is InChI=1S/C22H23N3O2/c1-15-7-5-6-10-19(15)22-25-24-21(27-22)17-13-11-16(12-14-17)20(26)23-18-8-3-2-4-9-18/h5-7,10-14,18H,2-4,8-9H2,1H3,(H,23,26). The second-order valence-electron chi connectivity index (χ2n) is 7.11. The van der Waals surface area contributed by atoms with Gasteiger partial charge in [0, 0.05) is 22.7 Å². The highest BCUT2D eigenvalue weighted by Gasteiger charge is 2.17. The molecular formula is C22H23N3O2. The number of rotatable bonds is 4. The van der Waals surface area contributed by atoms with Gasteiger partial charge in [0.25, 0.3) is 5.91 Å². The maximum Gasteiger partial charge on any atom is 0.251 e. The summed E-state index contributed by atoms with van der Waals surface area (Å²) in [5, 5.41) is 11.5. The van der Waals surface area contributed by atoms with E-state index in [0.29, 0.717) is 23.4 Å². The second kappa shape index (κ2) is 7.74. The van der Waals surface area contributed by atoms with Gasteiger partial charge < -0.3 is 9.73 Å². The van der Waals surface area contributed by atoms with E-state index in [1.54, 1.807) is 0 Å². The van der Waals surface area contributed by atoms with Crippen LogP contribution in [0.25, 0.3) is 22.9 Å². The van der Waals surface area contributed by atoms with E-state index in [2.05, 4.69) is 15.5 Å². The monoisotopic (exact) mass is 361 g/mol. The van der Waals surface area contributed by atoms with Gasteiger partial charge in [0.1, 0.15) is 0 Å². The summed E-state index contributed by atoms with van der Waals surface area (Å²) in [5.41, 5.74) is 3.47. The van der Waals surface area contributed by atoms with E-state index in [1.807, 2.05) is 55.5 Å². The number of amides is 1. The maximum atomic E-state index is 12.4. The highest BCUT2D eigenvalue weighted by atomic mass is 16.4. The summed E-state index contributed by atoms with van der Waals surface area (Å²) in [4.78, 5) is 12.4. The molecule has 5 nitrogen and oxygen atoms in total. The normalized spacial score (nSPS) is 14.9. The zero-order valence-electron chi connectivity index (χ0n) is 15.4. The van der Waals surface area contributed by atoms with Crippen molar-refractivity contribution in [1.82, 2.24) is 15.5 Å². The Hall–Kier alpha value is -2.95. The number of hydrogen-bond donors (Lipinski definition) is 1. The smallest absolute Gasteiger partial charge is 0.251 e. The lowest BCUT2D eigenvalue weighted by Crippen LogP contribution is -2.36. The number of benzene rings is 2. The predicted octanol–water partition coefficient (Wildman–Crippen LogP) is 4.77. The number of carbonyl (C=O) groups is 1. The summed E-state index contributed by atoms with van der Waals surface area (Å²) in [6.07, 6.45) is 5.82. The molecular weight excluding hydrogens is 338 g/mol. The Labute approximate surface area is 158 Å². The van der Waals surface area contributed by atoms with E-state index < -0.39 is 0 Å². The van der Waals surface area contributed by atoms with Gasteiger partial charge >= 0.3 is 0 Å². The van der Waals surface area contributed by atoms with Crippen LogP contribution < -0.4 is 5.32 Å². The van der Waals surface area contributed by atoms with E-state index in [-0.39, 0.29) is 5.91 Å². The van der Waals surface area contributed by atoms with Crippen molar-refractivity contribution in [2.45, 2.75) is 45.1 Å². The molecule has 1 fully saturated rings. The van der Waals surface area contributed by atoms with Crippen LogP contribution in [-0.4, -0.2) is 22.1 Å². The Bertz CT molecular complexity index is 925. The van der Waals surface area contributed by atoms with Gasteiger partial charge in [0.05, 0.1) is 0 Å². The minimum Gasteiger partial charge on any atom is -0.416 e. The minimum absolute atomic E-state index is 0.0143. The fourth-order valence-electron chi connectivity index (χ4n) is 3.54. The number of aryl methyl sites for hydroxylation is 1. The van der Waals surface area contributed by atoms with Crippen molar-refractivity contribution in [2.24, 2.45) is 0 Å². The van der Waals surface area contributed by atoms with Gasteiger partial charge in [-0.15, -0.1) is 10.2 Å². The van der Waals surface area contributed by atoms with Gasteiger partial charge in [-0.2, -0.15) is 0 Å². The molecule has 0 aliphatic heterocycles. The van der Waals surface area contributed by atoms with Crippen molar-refractivity contribution >= 4 is 5.91 Å². The average molecular weight is 361 g/mol. The van der Waals surface area contributed by atoms with Crippen molar-refractivity contribution in [1.29, 1.82) is 0 Å². The Kier molecular flexibility index (Phi) is 5.01. The molecule has 0 spiro atoms. The molecule has 1 heterocycles. The number of hydrogen-bond acceptors (Lipinski definition) is 4. The third-order valence-corrected chi connectivity index (χ3v) is 5.13. The summed E-state index contributed by atoms with van der Waals surface area (Å²) in [5.74, 6) is 0.939. The largest absolute Gasteiger partial charge is 0.416 e. The fourth-order valence-corrected chi connectivity index (χ4v) is 3.54. The van der Waals surface area contributed by atoms with Gasteiger partial charge in [-0.3, -0.25) is 4.79 Å². The SMILES string of the molecule is Cc1ccccc1-c1nnc(-c2ccc(C(=O)NC3CCCCC3)cc2)o1. The van der Waals surface area contributed by atoms with Crippen LogP contribution >= 0.6 is 0 Å². The Morgan fingerprint density at radius 1 is 0.963 bits per heavy atom. The van der Waals surface area contributed by atoms with E-state index in [4.69, 9.17) is 4.42 Å². The molecule has 3 aromatic rings. The van der Waals surface area contributed by atoms with E-state index in [1.165, 1.54) is 19.3 Å². The van der Waals surface area contributed by atoms with Gasteiger partial charge in [0.2, 0.25) is 11.8 Å². The number of nitrogens with one attached hydrogen (secondary N) is 1. The first-order chi connectivity index (χ1) is 13.2. The zero-order chi connectivity index (χ0) is 18.6. The Morgan fingerprint density at radius 2 is 1.67 bits per heavy atom. The molecule has 0 unspecified atom stereocenters. The van der Waals surface area contributed by atoms with Gasteiger partial charge in [-0.05, 0) is 55.7 Å². The van der Waals surface area contributed by atoms with Crippen LogP contribution in [0, 0.1) is 6.92 Å². The molecule has 0 atom stereocenters. The third kappa shape index (κ3) is 3.92. The highest BCUT2D eigenvalue weighted by molar-refractivity contribution is 5.94. The van der Waals surface area contributed by atoms with Crippen molar-refractivity contribution in [2.75, 3.05) is 0 Å². The molecule has 1 N–H and O–H groups in total. The lowest BCUT2D eigenvalue weighted by Gasteiger charge is -2.22. The number of carbonyl (C=O) groups excluding carboxylic acids is 1. The van der Waals surface area contributed by atoms with Crippen molar-refractivity contribution in [3.05, 3.63) is 59.7 Å². The molecule has 1 saturated carbocycles. The Morgan fingerprint density at radius 3 is 2.41 bits per heavy atom. The molecule has 0 radical (unpaired) electrons.